The number of amides is 1. The number of thioether (sulfide) groups is 1. The van der Waals surface area contributed by atoms with Gasteiger partial charge in [0.15, 0.2) is 5.17 Å². The molecule has 0 radical (unpaired) electrons. The van der Waals surface area contributed by atoms with Gasteiger partial charge in [0.25, 0.3) is 0 Å². The number of aliphatic imine (C=N–C) groups is 1. The van der Waals surface area contributed by atoms with Crippen LogP contribution in [0.1, 0.15) is 33.3 Å². The van der Waals surface area contributed by atoms with Crippen molar-refractivity contribution in [2.45, 2.75) is 38.8 Å². The number of fused-ring (bicyclic) bond motifs is 1. The number of carbonyl (C=O) groups is 1. The third-order valence-corrected chi connectivity index (χ3v) is 6.26. The van der Waals surface area contributed by atoms with Crippen LogP contribution in [0.3, 0.4) is 0 Å². The molecule has 8 heteroatoms. The summed E-state index contributed by atoms with van der Waals surface area (Å²) >= 11 is 1.41. The van der Waals surface area contributed by atoms with Crippen LogP contribution in [0.15, 0.2) is 23.2 Å². The molecule has 0 unspecified atom stereocenters. The summed E-state index contributed by atoms with van der Waals surface area (Å²) in [5, 5.41) is 10.1. The number of amidine groups is 1. The van der Waals surface area contributed by atoms with Gasteiger partial charge in [0.2, 0.25) is 0 Å². The summed E-state index contributed by atoms with van der Waals surface area (Å²) in [4.78, 5) is 18.0. The third kappa shape index (κ3) is 3.52. The quantitative estimate of drug-likeness (QED) is 0.707. The minimum atomic E-state index is -1.08. The Hall–Kier alpha value is -1.80. The second-order valence-electron chi connectivity index (χ2n) is 8.26. The first-order valence-corrected chi connectivity index (χ1v) is 9.94. The molecule has 3 N–H and O–H groups in total. The fourth-order valence-electron chi connectivity index (χ4n) is 3.86. The van der Waals surface area contributed by atoms with E-state index in [9.17, 15) is 14.3 Å². The Balaban J connectivity index is 2.21. The van der Waals surface area contributed by atoms with Gasteiger partial charge in [-0.3, -0.25) is 4.90 Å². The van der Waals surface area contributed by atoms with Crippen LogP contribution in [0.4, 0.5) is 14.9 Å². The Morgan fingerprint density at radius 1 is 1.48 bits per heavy atom. The number of rotatable bonds is 1. The van der Waals surface area contributed by atoms with E-state index in [0.29, 0.717) is 28.8 Å². The van der Waals surface area contributed by atoms with Crippen LogP contribution in [0.2, 0.25) is 0 Å². The van der Waals surface area contributed by atoms with Crippen LogP contribution in [0.25, 0.3) is 0 Å². The molecular formula is C19H26FN3O3S. The third-order valence-electron chi connectivity index (χ3n) is 5.20. The summed E-state index contributed by atoms with van der Waals surface area (Å²) in [5.41, 5.74) is 5.08. The normalized spacial score (nSPS) is 28.3. The second-order valence-corrected chi connectivity index (χ2v) is 9.24. The molecule has 0 aromatic heterocycles. The molecule has 3 rings (SSSR count). The summed E-state index contributed by atoms with van der Waals surface area (Å²) in [6.07, 6.45) is -1.08. The maximum absolute atomic E-state index is 14.9. The van der Waals surface area contributed by atoms with Crippen molar-refractivity contribution in [3.05, 3.63) is 29.6 Å². The molecule has 0 bridgehead atoms. The number of halogens is 1. The van der Waals surface area contributed by atoms with Gasteiger partial charge < -0.3 is 15.6 Å². The van der Waals surface area contributed by atoms with Gasteiger partial charge in [-0.05, 0) is 44.9 Å². The summed E-state index contributed by atoms with van der Waals surface area (Å²) in [7, 11) is 0. The average molecular weight is 396 g/mol. The van der Waals surface area contributed by atoms with Gasteiger partial charge in [-0.25, -0.2) is 14.2 Å². The summed E-state index contributed by atoms with van der Waals surface area (Å²) in [5.74, 6) is 0.411. The molecule has 0 saturated carbocycles. The maximum atomic E-state index is 14.9. The zero-order valence-electron chi connectivity index (χ0n) is 16.0. The van der Waals surface area contributed by atoms with Crippen molar-refractivity contribution in [1.29, 1.82) is 0 Å². The van der Waals surface area contributed by atoms with Crippen LogP contribution in [0.5, 0.6) is 0 Å². The average Bonchev–Trinajstić information content (AvgIpc) is 2.55. The van der Waals surface area contributed by atoms with E-state index >= 15 is 0 Å². The molecule has 1 amide bonds. The van der Waals surface area contributed by atoms with E-state index in [2.05, 4.69) is 6.92 Å². The molecule has 148 valence electrons. The Bertz CT molecular complexity index is 780. The summed E-state index contributed by atoms with van der Waals surface area (Å²) in [6, 6.07) is 4.45. The first-order valence-electron chi connectivity index (χ1n) is 8.95. The van der Waals surface area contributed by atoms with Gasteiger partial charge in [0.05, 0.1) is 6.61 Å². The van der Waals surface area contributed by atoms with Gasteiger partial charge in [0, 0.05) is 35.1 Å². The fraction of sp³-hybridized carbons (Fsp3) is 0.579. The predicted molar refractivity (Wildman–Crippen MR) is 105 cm³/mol. The van der Waals surface area contributed by atoms with Gasteiger partial charge in [0.1, 0.15) is 11.4 Å². The zero-order chi connectivity index (χ0) is 20.0. The monoisotopic (exact) mass is 395 g/mol. The van der Waals surface area contributed by atoms with Crippen LogP contribution >= 0.6 is 11.8 Å². The highest BCUT2D eigenvalue weighted by molar-refractivity contribution is 8.13. The van der Waals surface area contributed by atoms with E-state index < -0.39 is 23.0 Å². The first kappa shape index (κ1) is 19.9. The minimum absolute atomic E-state index is 0.0203. The Labute approximate surface area is 163 Å². The zero-order valence-corrected chi connectivity index (χ0v) is 16.8. The molecule has 1 saturated heterocycles. The largest absolute Gasteiger partial charge is 0.465 e. The first-order chi connectivity index (χ1) is 12.6. The van der Waals surface area contributed by atoms with E-state index in [0.717, 1.165) is 0 Å². The number of ether oxygens (including phenoxy) is 1. The molecule has 1 fully saturated rings. The minimum Gasteiger partial charge on any atom is -0.465 e. The lowest BCUT2D eigenvalue weighted by Crippen LogP contribution is -2.55. The lowest BCUT2D eigenvalue weighted by molar-refractivity contribution is -0.0346. The molecule has 2 heterocycles. The highest BCUT2D eigenvalue weighted by Crippen LogP contribution is 2.48. The van der Waals surface area contributed by atoms with E-state index in [1.807, 2.05) is 20.8 Å². The number of benzene rings is 1. The van der Waals surface area contributed by atoms with E-state index in [4.69, 9.17) is 15.5 Å². The van der Waals surface area contributed by atoms with Crippen LogP contribution in [0, 0.1) is 17.7 Å². The van der Waals surface area contributed by atoms with Gasteiger partial charge in [-0.1, -0.05) is 18.7 Å². The van der Waals surface area contributed by atoms with Crippen molar-refractivity contribution in [3.8, 4) is 0 Å². The van der Waals surface area contributed by atoms with E-state index in [1.165, 1.54) is 28.8 Å². The van der Waals surface area contributed by atoms with Crippen molar-refractivity contribution in [2.24, 2.45) is 16.8 Å². The highest BCUT2D eigenvalue weighted by atomic mass is 32.2. The molecule has 0 spiro atoms. The molecular weight excluding hydrogens is 369 g/mol. The van der Waals surface area contributed by atoms with Crippen molar-refractivity contribution in [3.63, 3.8) is 0 Å². The molecule has 2 aliphatic rings. The number of nitrogens with zero attached hydrogens (tertiary/aromatic N) is 2. The van der Waals surface area contributed by atoms with E-state index in [-0.39, 0.29) is 18.4 Å². The fourth-order valence-corrected chi connectivity index (χ4v) is 5.50. The number of hydrogen-bond acceptors (Lipinski definition) is 5. The maximum Gasteiger partial charge on any atom is 0.413 e. The predicted octanol–water partition coefficient (Wildman–Crippen LogP) is 3.77. The van der Waals surface area contributed by atoms with Gasteiger partial charge >= 0.3 is 6.09 Å². The number of nitrogen functional groups attached to an aromatic ring is 1. The van der Waals surface area contributed by atoms with Crippen LogP contribution < -0.4 is 5.73 Å². The smallest absolute Gasteiger partial charge is 0.413 e. The standard InChI is InChI=1S/C19H26FN3O3S/c1-11-8-26-10-19(13-7-12(21)5-6-15(13)20)14(11)9-27-16(22-19)23(17(24)25)18(2,3)4/h5-7,11,14H,8-10,21H2,1-4H3,(H,24,25)/t11-,14+,19+/m0/s1. The Morgan fingerprint density at radius 2 is 2.19 bits per heavy atom. The van der Waals surface area contributed by atoms with Crippen LogP contribution in [-0.2, 0) is 10.3 Å². The molecule has 27 heavy (non-hydrogen) atoms. The molecule has 1 aromatic carbocycles. The van der Waals surface area contributed by atoms with Crippen LogP contribution in [-0.4, -0.2) is 45.8 Å². The lowest BCUT2D eigenvalue weighted by atomic mass is 9.72. The van der Waals surface area contributed by atoms with Gasteiger partial charge in [-0.15, -0.1) is 0 Å². The van der Waals surface area contributed by atoms with E-state index in [1.54, 1.807) is 6.07 Å². The number of anilines is 1. The Morgan fingerprint density at radius 3 is 2.81 bits per heavy atom. The van der Waals surface area contributed by atoms with Crippen molar-refractivity contribution in [2.75, 3.05) is 24.7 Å². The number of hydrogen-bond donors (Lipinski definition) is 2. The van der Waals surface area contributed by atoms with Crippen molar-refractivity contribution in [1.82, 2.24) is 4.90 Å². The molecule has 3 atom stereocenters. The number of carboxylic acid groups (broad SMARTS) is 1. The van der Waals surface area contributed by atoms with Crippen molar-refractivity contribution >= 4 is 28.7 Å². The molecule has 6 nitrogen and oxygen atoms in total. The number of nitrogens with two attached hydrogens (primary N) is 1. The summed E-state index contributed by atoms with van der Waals surface area (Å²) in [6.45, 7) is 8.26. The Kier molecular flexibility index (Phi) is 5.16. The SMILES string of the molecule is C[C@H]1COC[C@]2(c3cc(N)ccc3F)N=C(N(C(=O)O)C(C)(C)C)SC[C@H]12. The van der Waals surface area contributed by atoms with Crippen molar-refractivity contribution < 1.29 is 19.0 Å². The topological polar surface area (TPSA) is 88.2 Å². The van der Waals surface area contributed by atoms with Gasteiger partial charge in [-0.2, -0.15) is 0 Å². The molecule has 0 aliphatic carbocycles. The highest BCUT2D eigenvalue weighted by Gasteiger charge is 2.51. The molecule has 1 aromatic rings. The molecule has 2 aliphatic heterocycles. The second kappa shape index (κ2) is 6.98. The lowest BCUT2D eigenvalue weighted by Gasteiger charge is -2.49. The summed E-state index contributed by atoms with van der Waals surface area (Å²) < 4.78 is 20.6.